The molecule has 6 heteroatoms. The summed E-state index contributed by atoms with van der Waals surface area (Å²) in [5.41, 5.74) is -0.549. The average molecular weight is 300 g/mol. The first-order valence-electron chi connectivity index (χ1n) is 7.53. The molecule has 1 unspecified atom stereocenters. The lowest BCUT2D eigenvalue weighted by Gasteiger charge is -2.28. The molecule has 1 aliphatic heterocycles. The molecule has 1 heterocycles. The van der Waals surface area contributed by atoms with E-state index in [0.717, 1.165) is 12.8 Å². The monoisotopic (exact) mass is 300 g/mol. The zero-order valence-electron chi connectivity index (χ0n) is 13.8. The van der Waals surface area contributed by atoms with Gasteiger partial charge in [-0.2, -0.15) is 0 Å². The minimum Gasteiger partial charge on any atom is -0.444 e. The molecule has 1 rings (SSSR count). The molecular formula is C15H28N2O4. The second-order valence-corrected chi connectivity index (χ2v) is 6.52. The van der Waals surface area contributed by atoms with Crippen molar-refractivity contribution in [3.63, 3.8) is 0 Å². The average Bonchev–Trinajstić information content (AvgIpc) is 2.83. The van der Waals surface area contributed by atoms with Crippen LogP contribution in [0.15, 0.2) is 0 Å². The van der Waals surface area contributed by atoms with Crippen LogP contribution >= 0.6 is 0 Å². The molecule has 1 aliphatic rings. The van der Waals surface area contributed by atoms with Crippen LogP contribution < -0.4 is 5.32 Å². The Morgan fingerprint density at radius 3 is 2.62 bits per heavy atom. The predicted octanol–water partition coefficient (Wildman–Crippen LogP) is 1.93. The zero-order chi connectivity index (χ0) is 16.0. The maximum absolute atomic E-state index is 12.3. The van der Waals surface area contributed by atoms with Crippen molar-refractivity contribution >= 4 is 12.0 Å². The topological polar surface area (TPSA) is 67.9 Å². The van der Waals surface area contributed by atoms with Gasteiger partial charge in [0, 0.05) is 26.3 Å². The van der Waals surface area contributed by atoms with E-state index in [1.54, 1.807) is 7.11 Å². The van der Waals surface area contributed by atoms with Crippen LogP contribution in [0.25, 0.3) is 0 Å². The summed E-state index contributed by atoms with van der Waals surface area (Å²) in [6.45, 7) is 8.57. The number of hydrogen-bond donors (Lipinski definition) is 1. The van der Waals surface area contributed by atoms with E-state index in [1.807, 2.05) is 27.7 Å². The Kier molecular flexibility index (Phi) is 6.45. The summed E-state index contributed by atoms with van der Waals surface area (Å²) < 4.78 is 10.4. The Morgan fingerprint density at radius 2 is 2.05 bits per heavy atom. The number of carbonyl (C=O) groups excluding carboxylic acids is 2. The molecule has 1 saturated heterocycles. The van der Waals surface area contributed by atoms with Crippen LogP contribution in [0.5, 0.6) is 0 Å². The number of amides is 2. The molecule has 2 atom stereocenters. The maximum atomic E-state index is 12.3. The molecule has 122 valence electrons. The van der Waals surface area contributed by atoms with E-state index in [0.29, 0.717) is 19.6 Å². The van der Waals surface area contributed by atoms with E-state index in [2.05, 4.69) is 5.32 Å². The largest absolute Gasteiger partial charge is 0.444 e. The van der Waals surface area contributed by atoms with Gasteiger partial charge in [-0.25, -0.2) is 4.79 Å². The molecule has 0 aliphatic carbocycles. The lowest BCUT2D eigenvalue weighted by Crippen LogP contribution is -2.49. The van der Waals surface area contributed by atoms with Gasteiger partial charge in [0.2, 0.25) is 5.91 Å². The van der Waals surface area contributed by atoms with Gasteiger partial charge in [-0.1, -0.05) is 0 Å². The molecule has 0 bridgehead atoms. The summed E-state index contributed by atoms with van der Waals surface area (Å²) in [5.74, 6) is -0.109. The fourth-order valence-corrected chi connectivity index (χ4v) is 2.28. The maximum Gasteiger partial charge on any atom is 0.410 e. The van der Waals surface area contributed by atoms with Gasteiger partial charge in [0.15, 0.2) is 0 Å². The number of carbonyl (C=O) groups is 2. The third-order valence-corrected chi connectivity index (χ3v) is 3.33. The number of rotatable bonds is 5. The smallest absolute Gasteiger partial charge is 0.410 e. The van der Waals surface area contributed by atoms with Crippen molar-refractivity contribution in [3.8, 4) is 0 Å². The molecule has 0 spiro atoms. The summed E-state index contributed by atoms with van der Waals surface area (Å²) in [4.78, 5) is 26.0. The predicted molar refractivity (Wildman–Crippen MR) is 80.1 cm³/mol. The lowest BCUT2D eigenvalue weighted by atomic mass is 10.1. The molecule has 21 heavy (non-hydrogen) atoms. The lowest BCUT2D eigenvalue weighted by molar-refractivity contribution is -0.126. The molecular weight excluding hydrogens is 272 g/mol. The van der Waals surface area contributed by atoms with Crippen LogP contribution in [0, 0.1) is 0 Å². The molecule has 6 nitrogen and oxygen atoms in total. The van der Waals surface area contributed by atoms with E-state index in [4.69, 9.17) is 9.47 Å². The fraction of sp³-hybridized carbons (Fsp3) is 0.867. The van der Waals surface area contributed by atoms with Crippen molar-refractivity contribution in [2.75, 3.05) is 20.3 Å². The molecule has 0 aromatic heterocycles. The van der Waals surface area contributed by atoms with Crippen molar-refractivity contribution in [1.82, 2.24) is 10.2 Å². The standard InChI is InChI=1S/C15H28N2O4/c1-11(8-10-20-5)16-13(18)12-7-6-9-17(12)14(19)21-15(2,3)4/h11-12H,6-10H2,1-5H3,(H,16,18)/t11?,12-/m0/s1. The van der Waals surface area contributed by atoms with Gasteiger partial charge in [0.05, 0.1) is 0 Å². The summed E-state index contributed by atoms with van der Waals surface area (Å²) in [7, 11) is 1.63. The van der Waals surface area contributed by atoms with Crippen LogP contribution in [0.1, 0.15) is 47.0 Å². The second kappa shape index (κ2) is 7.64. The molecule has 0 saturated carbocycles. The normalized spacial score (nSPS) is 20.2. The van der Waals surface area contributed by atoms with E-state index in [-0.39, 0.29) is 11.9 Å². The summed E-state index contributed by atoms with van der Waals surface area (Å²) in [6.07, 6.45) is 1.84. The second-order valence-electron chi connectivity index (χ2n) is 6.52. The third kappa shape index (κ3) is 5.91. The van der Waals surface area contributed by atoms with Gasteiger partial charge in [0.25, 0.3) is 0 Å². The number of methoxy groups -OCH3 is 1. The zero-order valence-corrected chi connectivity index (χ0v) is 13.8. The number of likely N-dealkylation sites (tertiary alicyclic amines) is 1. The molecule has 1 fully saturated rings. The molecule has 0 aromatic rings. The van der Waals surface area contributed by atoms with Crippen LogP contribution in [0.2, 0.25) is 0 Å². The summed E-state index contributed by atoms with van der Waals surface area (Å²) >= 11 is 0. The molecule has 2 amide bonds. The van der Waals surface area contributed by atoms with Crippen molar-refractivity contribution < 1.29 is 19.1 Å². The first kappa shape index (κ1) is 17.8. The molecule has 0 aromatic carbocycles. The van der Waals surface area contributed by atoms with Crippen LogP contribution in [0.4, 0.5) is 4.79 Å². The highest BCUT2D eigenvalue weighted by atomic mass is 16.6. The number of ether oxygens (including phenoxy) is 2. The highest BCUT2D eigenvalue weighted by molar-refractivity contribution is 5.86. The van der Waals surface area contributed by atoms with Crippen molar-refractivity contribution in [2.45, 2.75) is 64.6 Å². The van der Waals surface area contributed by atoms with Crippen LogP contribution in [0.3, 0.4) is 0 Å². The Hall–Kier alpha value is -1.30. The Balaban J connectivity index is 2.56. The van der Waals surface area contributed by atoms with Gasteiger partial charge in [0.1, 0.15) is 11.6 Å². The van der Waals surface area contributed by atoms with Crippen LogP contribution in [-0.2, 0) is 14.3 Å². The Bertz CT molecular complexity index is 365. The Morgan fingerprint density at radius 1 is 1.38 bits per heavy atom. The SMILES string of the molecule is COCCC(C)NC(=O)[C@@H]1CCCN1C(=O)OC(C)(C)C. The van der Waals surface area contributed by atoms with E-state index < -0.39 is 17.7 Å². The minimum absolute atomic E-state index is 0.0264. The highest BCUT2D eigenvalue weighted by Crippen LogP contribution is 2.21. The minimum atomic E-state index is -0.549. The quantitative estimate of drug-likeness (QED) is 0.842. The van der Waals surface area contributed by atoms with Crippen molar-refractivity contribution in [2.24, 2.45) is 0 Å². The van der Waals surface area contributed by atoms with E-state index in [9.17, 15) is 9.59 Å². The Labute approximate surface area is 127 Å². The van der Waals surface area contributed by atoms with Gasteiger partial charge >= 0.3 is 6.09 Å². The van der Waals surface area contributed by atoms with E-state index >= 15 is 0 Å². The molecule has 0 radical (unpaired) electrons. The van der Waals surface area contributed by atoms with Gasteiger partial charge in [-0.05, 0) is 47.0 Å². The van der Waals surface area contributed by atoms with Gasteiger partial charge in [-0.3, -0.25) is 9.69 Å². The van der Waals surface area contributed by atoms with Crippen molar-refractivity contribution in [1.29, 1.82) is 0 Å². The van der Waals surface area contributed by atoms with Crippen LogP contribution in [-0.4, -0.2) is 54.8 Å². The van der Waals surface area contributed by atoms with Crippen molar-refractivity contribution in [3.05, 3.63) is 0 Å². The summed E-state index contributed by atoms with van der Waals surface area (Å²) in [5, 5.41) is 2.94. The molecule has 1 N–H and O–H groups in total. The number of nitrogens with zero attached hydrogens (tertiary/aromatic N) is 1. The van der Waals surface area contributed by atoms with Gasteiger partial charge in [-0.15, -0.1) is 0 Å². The highest BCUT2D eigenvalue weighted by Gasteiger charge is 2.36. The number of hydrogen-bond acceptors (Lipinski definition) is 4. The fourth-order valence-electron chi connectivity index (χ4n) is 2.28. The first-order chi connectivity index (χ1) is 9.74. The van der Waals surface area contributed by atoms with E-state index in [1.165, 1.54) is 4.90 Å². The van der Waals surface area contributed by atoms with Gasteiger partial charge < -0.3 is 14.8 Å². The third-order valence-electron chi connectivity index (χ3n) is 3.33. The first-order valence-corrected chi connectivity index (χ1v) is 7.53. The number of nitrogens with one attached hydrogen (secondary N) is 1. The summed E-state index contributed by atoms with van der Waals surface area (Å²) in [6, 6.07) is -0.400.